The summed E-state index contributed by atoms with van der Waals surface area (Å²) in [5, 5.41) is -0.333. The van der Waals surface area contributed by atoms with Gasteiger partial charge in [-0.2, -0.15) is 0 Å². The molecule has 6 nitrogen and oxygen atoms in total. The smallest absolute Gasteiger partial charge is 0.261 e. The van der Waals surface area contributed by atoms with Crippen LogP contribution in [-0.4, -0.2) is 24.2 Å². The first kappa shape index (κ1) is 20.9. The highest BCUT2D eigenvalue weighted by atomic mass is 35.5. The van der Waals surface area contributed by atoms with Crippen LogP contribution in [0.3, 0.4) is 0 Å². The number of halogens is 2. The third kappa shape index (κ3) is 4.12. The Labute approximate surface area is 182 Å². The first-order valence-electron chi connectivity index (χ1n) is 9.10. The summed E-state index contributed by atoms with van der Waals surface area (Å²) in [7, 11) is -3.98. The monoisotopic (exact) mass is 455 g/mol. The number of carbonyl (C=O) groups is 1. The molecule has 1 heterocycles. The lowest BCUT2D eigenvalue weighted by atomic mass is 10.0. The summed E-state index contributed by atoms with van der Waals surface area (Å²) in [6.45, 7) is 1.76. The van der Waals surface area contributed by atoms with E-state index in [1.807, 2.05) is 0 Å². The number of fused-ring (bicyclic) bond motifs is 1. The van der Waals surface area contributed by atoms with E-state index in [1.165, 1.54) is 30.3 Å². The number of anilines is 1. The predicted molar refractivity (Wildman–Crippen MR) is 116 cm³/mol. The predicted octanol–water partition coefficient (Wildman–Crippen LogP) is 4.76. The molecule has 0 amide bonds. The molecule has 0 aliphatic heterocycles. The first-order valence-corrected chi connectivity index (χ1v) is 11.0. The molecule has 0 aliphatic rings. The van der Waals surface area contributed by atoms with Crippen molar-refractivity contribution in [1.82, 2.24) is 9.97 Å². The average Bonchev–Trinajstić information content (AvgIpc) is 2.76. The van der Waals surface area contributed by atoms with E-state index in [-0.39, 0.29) is 21.2 Å². The molecule has 0 fully saturated rings. The zero-order chi connectivity index (χ0) is 22.2. The van der Waals surface area contributed by atoms with E-state index >= 15 is 0 Å². The van der Waals surface area contributed by atoms with Gasteiger partial charge in [0, 0.05) is 11.8 Å². The van der Waals surface area contributed by atoms with Crippen molar-refractivity contribution in [2.24, 2.45) is 0 Å². The van der Waals surface area contributed by atoms with Crippen molar-refractivity contribution in [3.63, 3.8) is 0 Å². The topological polar surface area (TPSA) is 89.0 Å². The fourth-order valence-electron chi connectivity index (χ4n) is 3.03. The maximum Gasteiger partial charge on any atom is 0.261 e. The molecule has 0 radical (unpaired) electrons. The van der Waals surface area contributed by atoms with Crippen LogP contribution in [0.15, 0.2) is 71.8 Å². The van der Waals surface area contributed by atoms with Crippen LogP contribution in [0.4, 0.5) is 10.1 Å². The van der Waals surface area contributed by atoms with Crippen LogP contribution in [0.5, 0.6) is 0 Å². The molecule has 1 N–H and O–H groups in total. The number of carbonyl (C=O) groups excluding carboxylic acids is 1. The highest BCUT2D eigenvalue weighted by Crippen LogP contribution is 2.32. The standard InChI is InChI=1S/C22H15ClFN3O3S/c1-13-12-25-17-9-7-14(11-19(17)26-13)22(28)20-16(24)8-10-18(21(20)23)27-31(29,30)15-5-3-2-4-6-15/h2-12,27H,1H3. The molecule has 0 saturated carbocycles. The van der Waals surface area contributed by atoms with E-state index in [0.717, 1.165) is 6.07 Å². The van der Waals surface area contributed by atoms with Gasteiger partial charge in [0.05, 0.1) is 37.9 Å². The minimum absolute atomic E-state index is 0.00624. The fourth-order valence-corrected chi connectivity index (χ4v) is 4.47. The van der Waals surface area contributed by atoms with Crippen LogP contribution >= 0.6 is 11.6 Å². The first-order chi connectivity index (χ1) is 14.8. The maximum absolute atomic E-state index is 14.6. The number of hydrogen-bond donors (Lipinski definition) is 1. The lowest BCUT2D eigenvalue weighted by molar-refractivity contribution is 0.103. The van der Waals surface area contributed by atoms with Gasteiger partial charge in [-0.15, -0.1) is 0 Å². The van der Waals surface area contributed by atoms with Crippen molar-refractivity contribution in [1.29, 1.82) is 0 Å². The van der Waals surface area contributed by atoms with E-state index in [9.17, 15) is 17.6 Å². The number of benzene rings is 3. The molecule has 156 valence electrons. The van der Waals surface area contributed by atoms with Crippen molar-refractivity contribution in [2.45, 2.75) is 11.8 Å². The summed E-state index contributed by atoms with van der Waals surface area (Å²) in [5.41, 5.74) is 1.33. The van der Waals surface area contributed by atoms with Crippen molar-refractivity contribution in [3.05, 3.63) is 94.5 Å². The molecule has 0 saturated heterocycles. The number of aryl methyl sites for hydroxylation is 1. The second-order valence-electron chi connectivity index (χ2n) is 6.75. The largest absolute Gasteiger partial charge is 0.288 e. The van der Waals surface area contributed by atoms with Crippen molar-refractivity contribution < 1.29 is 17.6 Å². The van der Waals surface area contributed by atoms with E-state index in [1.54, 1.807) is 37.4 Å². The van der Waals surface area contributed by atoms with Crippen LogP contribution in [0.25, 0.3) is 11.0 Å². The number of ketones is 1. The normalized spacial score (nSPS) is 11.5. The van der Waals surface area contributed by atoms with Gasteiger partial charge in [-0.05, 0) is 49.4 Å². The van der Waals surface area contributed by atoms with Crippen LogP contribution in [0, 0.1) is 12.7 Å². The van der Waals surface area contributed by atoms with Gasteiger partial charge in [0.1, 0.15) is 5.82 Å². The minimum atomic E-state index is -3.98. The third-order valence-corrected chi connectivity index (χ3v) is 6.31. The summed E-state index contributed by atoms with van der Waals surface area (Å²) in [6, 6.07) is 14.4. The number of sulfonamides is 1. The molecule has 0 atom stereocenters. The van der Waals surface area contributed by atoms with Gasteiger partial charge in [0.25, 0.3) is 10.0 Å². The molecule has 9 heteroatoms. The highest BCUT2D eigenvalue weighted by Gasteiger charge is 2.23. The van der Waals surface area contributed by atoms with Crippen LogP contribution in [-0.2, 0) is 10.0 Å². The molecule has 1 aromatic heterocycles. The molecule has 0 bridgehead atoms. The lowest BCUT2D eigenvalue weighted by Crippen LogP contribution is -2.15. The molecule has 0 spiro atoms. The quantitative estimate of drug-likeness (QED) is 0.438. The van der Waals surface area contributed by atoms with Crippen molar-refractivity contribution in [2.75, 3.05) is 4.72 Å². The summed E-state index contributed by atoms with van der Waals surface area (Å²) in [4.78, 5) is 21.6. The Balaban J connectivity index is 1.75. The van der Waals surface area contributed by atoms with E-state index < -0.39 is 27.2 Å². The number of nitrogens with one attached hydrogen (secondary N) is 1. The number of hydrogen-bond acceptors (Lipinski definition) is 5. The van der Waals surface area contributed by atoms with Crippen molar-refractivity contribution in [3.8, 4) is 0 Å². The molecule has 0 unspecified atom stereocenters. The maximum atomic E-state index is 14.6. The molecule has 0 aliphatic carbocycles. The van der Waals surface area contributed by atoms with Gasteiger partial charge in [-0.25, -0.2) is 17.8 Å². The van der Waals surface area contributed by atoms with Gasteiger partial charge in [-0.1, -0.05) is 29.8 Å². The Morgan fingerprint density at radius 1 is 1.03 bits per heavy atom. The second kappa shape index (κ2) is 8.05. The van der Waals surface area contributed by atoms with E-state index in [0.29, 0.717) is 16.7 Å². The highest BCUT2D eigenvalue weighted by molar-refractivity contribution is 7.92. The summed E-state index contributed by atoms with van der Waals surface area (Å²) in [5.74, 6) is -1.57. The van der Waals surface area contributed by atoms with Crippen LogP contribution in [0.2, 0.25) is 5.02 Å². The second-order valence-corrected chi connectivity index (χ2v) is 8.81. The summed E-state index contributed by atoms with van der Waals surface area (Å²) < 4.78 is 42.1. The SMILES string of the molecule is Cc1cnc2ccc(C(=O)c3c(F)ccc(NS(=O)(=O)c4ccccc4)c3Cl)cc2n1. The molecular formula is C22H15ClFN3O3S. The Morgan fingerprint density at radius 2 is 1.77 bits per heavy atom. The molecule has 4 aromatic rings. The Bertz CT molecular complexity index is 1430. The number of aromatic nitrogens is 2. The van der Waals surface area contributed by atoms with Crippen LogP contribution in [0.1, 0.15) is 21.6 Å². The molecule has 3 aromatic carbocycles. The van der Waals surface area contributed by atoms with Gasteiger partial charge in [-0.3, -0.25) is 14.5 Å². The summed E-state index contributed by atoms with van der Waals surface area (Å²) >= 11 is 6.28. The zero-order valence-corrected chi connectivity index (χ0v) is 17.7. The van der Waals surface area contributed by atoms with Gasteiger partial charge in [0.15, 0.2) is 5.78 Å². The Hall–Kier alpha value is -3.36. The Kier molecular flexibility index (Phi) is 5.43. The molecular weight excluding hydrogens is 441 g/mol. The lowest BCUT2D eigenvalue weighted by Gasteiger charge is -2.13. The average molecular weight is 456 g/mol. The molecule has 31 heavy (non-hydrogen) atoms. The Morgan fingerprint density at radius 3 is 2.52 bits per heavy atom. The molecule has 4 rings (SSSR count). The van der Waals surface area contributed by atoms with Gasteiger partial charge < -0.3 is 0 Å². The van der Waals surface area contributed by atoms with E-state index in [2.05, 4.69) is 14.7 Å². The van der Waals surface area contributed by atoms with Gasteiger partial charge in [0.2, 0.25) is 0 Å². The fraction of sp³-hybridized carbons (Fsp3) is 0.0455. The van der Waals surface area contributed by atoms with Crippen LogP contribution < -0.4 is 4.72 Å². The third-order valence-electron chi connectivity index (χ3n) is 4.54. The van der Waals surface area contributed by atoms with E-state index in [4.69, 9.17) is 11.6 Å². The summed E-state index contributed by atoms with van der Waals surface area (Å²) in [6.07, 6.45) is 1.60. The number of rotatable bonds is 5. The number of nitrogens with zero attached hydrogens (tertiary/aromatic N) is 2. The zero-order valence-electron chi connectivity index (χ0n) is 16.1. The van der Waals surface area contributed by atoms with Gasteiger partial charge >= 0.3 is 0 Å². The van der Waals surface area contributed by atoms with Crippen molar-refractivity contribution >= 4 is 44.1 Å². The minimum Gasteiger partial charge on any atom is -0.288 e.